The van der Waals surface area contributed by atoms with Gasteiger partial charge in [-0.2, -0.15) is 0 Å². The van der Waals surface area contributed by atoms with Crippen molar-refractivity contribution in [2.75, 3.05) is 0 Å². The minimum absolute atomic E-state index is 0.367. The van der Waals surface area contributed by atoms with Gasteiger partial charge in [0.1, 0.15) is 11.6 Å². The van der Waals surface area contributed by atoms with E-state index in [1.807, 2.05) is 24.3 Å². The molecule has 124 valence electrons. The summed E-state index contributed by atoms with van der Waals surface area (Å²) in [5, 5.41) is 12.9. The highest BCUT2D eigenvalue weighted by molar-refractivity contribution is 9.10. The van der Waals surface area contributed by atoms with E-state index in [1.165, 1.54) is 12.1 Å². The van der Waals surface area contributed by atoms with E-state index in [0.29, 0.717) is 12.1 Å². The van der Waals surface area contributed by atoms with Crippen molar-refractivity contribution in [1.29, 1.82) is 0 Å². The van der Waals surface area contributed by atoms with Gasteiger partial charge in [0.05, 0.1) is 12.1 Å². The highest BCUT2D eigenvalue weighted by Crippen LogP contribution is 2.22. The Morgan fingerprint density at radius 2 is 1.83 bits per heavy atom. The van der Waals surface area contributed by atoms with E-state index in [9.17, 15) is 13.9 Å². The number of benzene rings is 2. The van der Waals surface area contributed by atoms with Crippen molar-refractivity contribution in [2.24, 2.45) is 5.73 Å². The third-order valence-electron chi connectivity index (χ3n) is 3.60. The molecular weight excluding hydrogens is 366 g/mol. The van der Waals surface area contributed by atoms with Gasteiger partial charge in [0.25, 0.3) is 0 Å². The lowest BCUT2D eigenvalue weighted by Crippen LogP contribution is -2.44. The molecule has 3 atom stereocenters. The highest BCUT2D eigenvalue weighted by Gasteiger charge is 2.24. The molecule has 0 aliphatic rings. The van der Waals surface area contributed by atoms with Gasteiger partial charge in [0.2, 0.25) is 0 Å². The van der Waals surface area contributed by atoms with Gasteiger partial charge < -0.3 is 16.2 Å². The van der Waals surface area contributed by atoms with Gasteiger partial charge in [-0.25, -0.2) is 8.78 Å². The zero-order valence-electron chi connectivity index (χ0n) is 12.6. The topological polar surface area (TPSA) is 58.3 Å². The van der Waals surface area contributed by atoms with Crippen LogP contribution in [0, 0.1) is 11.6 Å². The monoisotopic (exact) mass is 384 g/mol. The molecule has 0 amide bonds. The zero-order chi connectivity index (χ0) is 17.0. The van der Waals surface area contributed by atoms with E-state index in [1.54, 1.807) is 6.92 Å². The molecule has 23 heavy (non-hydrogen) atoms. The molecule has 0 aliphatic carbocycles. The molecule has 3 nitrogen and oxygen atoms in total. The van der Waals surface area contributed by atoms with Gasteiger partial charge in [-0.3, -0.25) is 0 Å². The van der Waals surface area contributed by atoms with Crippen LogP contribution in [0.3, 0.4) is 0 Å². The Morgan fingerprint density at radius 3 is 2.39 bits per heavy atom. The molecule has 2 aromatic carbocycles. The number of nitrogens with two attached hydrogens (primary N) is 1. The summed E-state index contributed by atoms with van der Waals surface area (Å²) < 4.78 is 27.9. The van der Waals surface area contributed by atoms with E-state index >= 15 is 0 Å². The summed E-state index contributed by atoms with van der Waals surface area (Å²) in [4.78, 5) is 0. The largest absolute Gasteiger partial charge is 0.392 e. The first-order chi connectivity index (χ1) is 10.9. The zero-order valence-corrected chi connectivity index (χ0v) is 14.2. The molecule has 0 saturated carbocycles. The molecule has 6 heteroatoms. The standard InChI is InChI=1S/C17H19BrF2N2O/c1-10(23)16(21)17(12-6-14(19)8-15(20)7-12)22-9-11-3-2-4-13(18)5-11/h2-8,10,16-17,22-23H,9,21H2,1H3/t10-,16-,17?/m1/s1. The molecule has 0 spiro atoms. The lowest BCUT2D eigenvalue weighted by molar-refractivity contribution is 0.142. The fourth-order valence-corrected chi connectivity index (χ4v) is 2.83. The molecule has 0 radical (unpaired) electrons. The van der Waals surface area contributed by atoms with Crippen LogP contribution in [0.1, 0.15) is 24.1 Å². The van der Waals surface area contributed by atoms with Crippen molar-refractivity contribution in [3.8, 4) is 0 Å². The van der Waals surface area contributed by atoms with Crippen LogP contribution < -0.4 is 11.1 Å². The number of aliphatic hydroxyl groups excluding tert-OH is 1. The molecule has 2 aromatic rings. The average molecular weight is 385 g/mol. The lowest BCUT2D eigenvalue weighted by Gasteiger charge is -2.28. The van der Waals surface area contributed by atoms with Gasteiger partial charge in [-0.1, -0.05) is 28.1 Å². The first kappa shape index (κ1) is 18.0. The lowest BCUT2D eigenvalue weighted by atomic mass is 9.96. The van der Waals surface area contributed by atoms with Crippen LogP contribution >= 0.6 is 15.9 Å². The Bertz CT molecular complexity index is 647. The molecule has 0 bridgehead atoms. The molecular formula is C17H19BrF2N2O. The number of hydrogen-bond acceptors (Lipinski definition) is 3. The number of nitrogens with one attached hydrogen (secondary N) is 1. The Labute approximate surface area is 142 Å². The van der Waals surface area contributed by atoms with Crippen LogP contribution in [0.15, 0.2) is 46.9 Å². The second-order valence-corrected chi connectivity index (χ2v) is 6.42. The molecule has 0 aromatic heterocycles. The van der Waals surface area contributed by atoms with Crippen molar-refractivity contribution >= 4 is 15.9 Å². The van der Waals surface area contributed by atoms with Crippen molar-refractivity contribution in [3.05, 3.63) is 69.7 Å². The van der Waals surface area contributed by atoms with Crippen molar-refractivity contribution in [2.45, 2.75) is 31.7 Å². The number of hydrogen-bond donors (Lipinski definition) is 3. The van der Waals surface area contributed by atoms with Gasteiger partial charge >= 0.3 is 0 Å². The van der Waals surface area contributed by atoms with E-state index in [4.69, 9.17) is 5.73 Å². The van der Waals surface area contributed by atoms with Gasteiger partial charge in [-0.15, -0.1) is 0 Å². The number of rotatable bonds is 6. The molecule has 0 heterocycles. The molecule has 0 saturated heterocycles. The third kappa shape index (κ3) is 5.07. The van der Waals surface area contributed by atoms with Crippen LogP contribution in [0.5, 0.6) is 0 Å². The van der Waals surface area contributed by atoms with Crippen LogP contribution in [-0.2, 0) is 6.54 Å². The Hall–Kier alpha value is -1.34. The summed E-state index contributed by atoms with van der Waals surface area (Å²) >= 11 is 3.39. The second kappa shape index (κ2) is 7.97. The SMILES string of the molecule is C[C@@H](O)[C@@H](N)C(NCc1cccc(Br)c1)c1cc(F)cc(F)c1. The van der Waals surface area contributed by atoms with Gasteiger partial charge in [0, 0.05) is 23.1 Å². The molecule has 0 aliphatic heterocycles. The molecule has 0 fully saturated rings. The summed E-state index contributed by atoms with van der Waals surface area (Å²) in [5.41, 5.74) is 7.37. The minimum atomic E-state index is -0.832. The van der Waals surface area contributed by atoms with Crippen molar-refractivity contribution in [1.82, 2.24) is 5.32 Å². The third-order valence-corrected chi connectivity index (χ3v) is 4.09. The minimum Gasteiger partial charge on any atom is -0.392 e. The molecule has 4 N–H and O–H groups in total. The summed E-state index contributed by atoms with van der Waals surface area (Å²) in [7, 11) is 0. The highest BCUT2D eigenvalue weighted by atomic mass is 79.9. The number of halogens is 3. The number of aliphatic hydroxyl groups is 1. The Kier molecular flexibility index (Phi) is 6.24. The summed E-state index contributed by atoms with van der Waals surface area (Å²) in [5.74, 6) is -1.35. The van der Waals surface area contributed by atoms with Crippen LogP contribution in [0.2, 0.25) is 0 Å². The first-order valence-electron chi connectivity index (χ1n) is 7.24. The van der Waals surface area contributed by atoms with E-state index in [0.717, 1.165) is 16.1 Å². The molecule has 1 unspecified atom stereocenters. The maximum absolute atomic E-state index is 13.5. The fraction of sp³-hybridized carbons (Fsp3) is 0.294. The first-order valence-corrected chi connectivity index (χ1v) is 8.03. The average Bonchev–Trinajstić information content (AvgIpc) is 2.46. The van der Waals surface area contributed by atoms with Crippen LogP contribution in [0.4, 0.5) is 8.78 Å². The van der Waals surface area contributed by atoms with E-state index in [2.05, 4.69) is 21.2 Å². The van der Waals surface area contributed by atoms with Crippen LogP contribution in [0.25, 0.3) is 0 Å². The molecule has 2 rings (SSSR count). The van der Waals surface area contributed by atoms with E-state index < -0.39 is 29.8 Å². The second-order valence-electron chi connectivity index (χ2n) is 5.51. The predicted octanol–water partition coefficient (Wildman–Crippen LogP) is 3.27. The predicted molar refractivity (Wildman–Crippen MR) is 89.7 cm³/mol. The quantitative estimate of drug-likeness (QED) is 0.716. The summed E-state index contributed by atoms with van der Waals surface area (Å²) in [6.45, 7) is 2.00. The smallest absolute Gasteiger partial charge is 0.126 e. The summed E-state index contributed by atoms with van der Waals surface area (Å²) in [6.07, 6.45) is -0.832. The van der Waals surface area contributed by atoms with Crippen LogP contribution in [-0.4, -0.2) is 17.3 Å². The summed E-state index contributed by atoms with van der Waals surface area (Å²) in [6, 6.07) is 9.63. The van der Waals surface area contributed by atoms with Gasteiger partial charge in [-0.05, 0) is 42.3 Å². The van der Waals surface area contributed by atoms with Gasteiger partial charge in [0.15, 0.2) is 0 Å². The normalized spacial score (nSPS) is 15.2. The fourth-order valence-electron chi connectivity index (χ4n) is 2.38. The maximum Gasteiger partial charge on any atom is 0.126 e. The van der Waals surface area contributed by atoms with Crippen molar-refractivity contribution < 1.29 is 13.9 Å². The Morgan fingerprint density at radius 1 is 1.17 bits per heavy atom. The van der Waals surface area contributed by atoms with Crippen molar-refractivity contribution in [3.63, 3.8) is 0 Å². The maximum atomic E-state index is 13.5. The van der Waals surface area contributed by atoms with E-state index in [-0.39, 0.29) is 0 Å². The Balaban J connectivity index is 2.23.